The highest BCUT2D eigenvalue weighted by Gasteiger charge is 2.41. The zero-order valence-electron chi connectivity index (χ0n) is 22.2. The van der Waals surface area contributed by atoms with Crippen molar-refractivity contribution in [1.29, 1.82) is 0 Å². The van der Waals surface area contributed by atoms with Gasteiger partial charge in [0.15, 0.2) is 6.23 Å². The number of aromatic nitrogens is 3. The number of anilines is 1. The number of pyridine rings is 1. The summed E-state index contributed by atoms with van der Waals surface area (Å²) >= 11 is 0. The Morgan fingerprint density at radius 3 is 2.70 bits per heavy atom. The Labute approximate surface area is 228 Å². The topological polar surface area (TPSA) is 117 Å². The number of aromatic amines is 2. The van der Waals surface area contributed by atoms with Crippen molar-refractivity contribution in [2.45, 2.75) is 44.5 Å². The fourth-order valence-corrected chi connectivity index (χ4v) is 5.81. The number of rotatable bonds is 6. The summed E-state index contributed by atoms with van der Waals surface area (Å²) in [5.74, 6) is -0.964. The van der Waals surface area contributed by atoms with E-state index < -0.39 is 23.4 Å². The molecular weight excluding hydrogens is 518 g/mol. The van der Waals surface area contributed by atoms with Crippen LogP contribution in [0.2, 0.25) is 0 Å². The summed E-state index contributed by atoms with van der Waals surface area (Å²) in [5.41, 5.74) is 2.51. The molecule has 0 spiro atoms. The maximum Gasteiger partial charge on any atom is 0.261 e. The summed E-state index contributed by atoms with van der Waals surface area (Å²) in [5, 5.41) is 14.3. The number of aliphatic hydroxyl groups excluding tert-OH is 1. The smallest absolute Gasteiger partial charge is 0.261 e. The number of halogens is 2. The van der Waals surface area contributed by atoms with E-state index in [9.17, 15) is 23.5 Å². The molecule has 2 aliphatic heterocycles. The third-order valence-corrected chi connectivity index (χ3v) is 7.87. The van der Waals surface area contributed by atoms with Crippen molar-refractivity contribution in [2.75, 3.05) is 25.5 Å². The summed E-state index contributed by atoms with van der Waals surface area (Å²) < 4.78 is 27.8. The van der Waals surface area contributed by atoms with E-state index in [0.29, 0.717) is 27.8 Å². The van der Waals surface area contributed by atoms with Gasteiger partial charge in [-0.2, -0.15) is 0 Å². The van der Waals surface area contributed by atoms with Crippen LogP contribution in [-0.2, 0) is 6.42 Å². The standard InChI is InChI=1S/C29H30F2N6O3/c1-15(11-16-12-17(30)3-4-21(16)31)33-22-5-8-32-27(38)25(22)26-34-23-13-19-20(14-24(23)35-26)29(40)37(28(19)39)18-6-9-36(2)10-7-18/h3-5,8,12-15,18,28,39H,6-7,9-11H2,1-2H3,(H,34,35)(H2,32,33,38). The van der Waals surface area contributed by atoms with Gasteiger partial charge < -0.3 is 30.2 Å². The molecule has 2 aromatic heterocycles. The Bertz CT molecular complexity index is 1660. The third-order valence-electron chi connectivity index (χ3n) is 7.87. The average Bonchev–Trinajstić information content (AvgIpc) is 3.43. The Balaban J connectivity index is 1.29. The number of nitrogens with zero attached hydrogens (tertiary/aromatic N) is 3. The van der Waals surface area contributed by atoms with Crippen LogP contribution in [0, 0.1) is 11.6 Å². The van der Waals surface area contributed by atoms with Gasteiger partial charge in [0.25, 0.3) is 11.5 Å². The van der Waals surface area contributed by atoms with Gasteiger partial charge in [-0.15, -0.1) is 0 Å². The molecular formula is C29H30F2N6O3. The molecule has 0 radical (unpaired) electrons. The van der Waals surface area contributed by atoms with E-state index in [2.05, 4.69) is 25.2 Å². The predicted octanol–water partition coefficient (Wildman–Crippen LogP) is 3.78. The van der Waals surface area contributed by atoms with Gasteiger partial charge in [0.2, 0.25) is 0 Å². The van der Waals surface area contributed by atoms with Crippen molar-refractivity contribution in [3.63, 3.8) is 0 Å². The minimum atomic E-state index is -1.05. The van der Waals surface area contributed by atoms with Crippen molar-refractivity contribution in [3.8, 4) is 11.4 Å². The van der Waals surface area contributed by atoms with Gasteiger partial charge in [-0.3, -0.25) is 9.59 Å². The van der Waals surface area contributed by atoms with Crippen LogP contribution in [0.25, 0.3) is 22.4 Å². The maximum absolute atomic E-state index is 14.2. The second-order valence-corrected chi connectivity index (χ2v) is 10.7. The third kappa shape index (κ3) is 4.65. The lowest BCUT2D eigenvalue weighted by atomic mass is 10.0. The first kappa shape index (κ1) is 26.1. The molecule has 0 bridgehead atoms. The number of hydrogen-bond acceptors (Lipinski definition) is 6. The molecule has 0 saturated carbocycles. The number of hydrogen-bond donors (Lipinski definition) is 4. The van der Waals surface area contributed by atoms with Crippen LogP contribution in [0.3, 0.4) is 0 Å². The van der Waals surface area contributed by atoms with Crippen molar-refractivity contribution in [1.82, 2.24) is 24.8 Å². The molecule has 9 nitrogen and oxygen atoms in total. The molecule has 4 aromatic rings. The number of likely N-dealkylation sites (tertiary alicyclic amines) is 1. The number of fused-ring (bicyclic) bond motifs is 2. The van der Waals surface area contributed by atoms with Crippen LogP contribution in [0.15, 0.2) is 47.4 Å². The van der Waals surface area contributed by atoms with Gasteiger partial charge in [0.1, 0.15) is 23.0 Å². The molecule has 6 rings (SSSR count). The number of benzene rings is 2. The van der Waals surface area contributed by atoms with Gasteiger partial charge in [0, 0.05) is 29.4 Å². The van der Waals surface area contributed by atoms with Crippen molar-refractivity contribution >= 4 is 22.6 Å². The Morgan fingerprint density at radius 2 is 1.93 bits per heavy atom. The van der Waals surface area contributed by atoms with E-state index in [-0.39, 0.29) is 41.4 Å². The fourth-order valence-electron chi connectivity index (χ4n) is 5.81. The van der Waals surface area contributed by atoms with E-state index >= 15 is 0 Å². The number of nitrogens with one attached hydrogen (secondary N) is 3. The van der Waals surface area contributed by atoms with Gasteiger partial charge in [-0.1, -0.05) is 0 Å². The number of carbonyl (C=O) groups excluding carboxylic acids is 1. The van der Waals surface area contributed by atoms with E-state index in [1.54, 1.807) is 23.1 Å². The minimum absolute atomic E-state index is 0.0349. The highest BCUT2D eigenvalue weighted by molar-refractivity contribution is 6.02. The first-order valence-electron chi connectivity index (χ1n) is 13.3. The lowest BCUT2D eigenvalue weighted by Gasteiger charge is -2.36. The number of carbonyl (C=O) groups is 1. The lowest BCUT2D eigenvalue weighted by molar-refractivity contribution is -0.0155. The van der Waals surface area contributed by atoms with E-state index in [0.717, 1.165) is 44.1 Å². The summed E-state index contributed by atoms with van der Waals surface area (Å²) in [6.07, 6.45) is 2.23. The van der Waals surface area contributed by atoms with Gasteiger partial charge >= 0.3 is 0 Å². The fraction of sp³-hybridized carbons (Fsp3) is 0.345. The minimum Gasteiger partial charge on any atom is -0.381 e. The second kappa shape index (κ2) is 10.1. The molecule has 4 N–H and O–H groups in total. The lowest BCUT2D eigenvalue weighted by Crippen LogP contribution is -2.45. The zero-order chi connectivity index (χ0) is 28.1. The van der Waals surface area contributed by atoms with Gasteiger partial charge in [0.05, 0.1) is 16.7 Å². The van der Waals surface area contributed by atoms with E-state index in [1.165, 1.54) is 6.20 Å². The van der Waals surface area contributed by atoms with Crippen molar-refractivity contribution in [2.24, 2.45) is 0 Å². The molecule has 2 unspecified atom stereocenters. The highest BCUT2D eigenvalue weighted by Crippen LogP contribution is 2.38. The Hall–Kier alpha value is -4.09. The van der Waals surface area contributed by atoms with Crippen molar-refractivity contribution in [3.05, 3.63) is 81.3 Å². The first-order valence-corrected chi connectivity index (χ1v) is 13.3. The number of imidazole rings is 1. The summed E-state index contributed by atoms with van der Waals surface area (Å²) in [6, 6.07) is 8.00. The molecule has 1 saturated heterocycles. The molecule has 11 heteroatoms. The number of piperidine rings is 1. The first-order chi connectivity index (χ1) is 19.2. The second-order valence-electron chi connectivity index (χ2n) is 10.7. The summed E-state index contributed by atoms with van der Waals surface area (Å²) in [7, 11) is 2.04. The van der Waals surface area contributed by atoms with Crippen LogP contribution in [-0.4, -0.2) is 68.0 Å². The quantitative estimate of drug-likeness (QED) is 0.291. The molecule has 4 heterocycles. The SMILES string of the molecule is CC(Cc1cc(F)ccc1F)Nc1cc[nH]c(=O)c1-c1nc2cc3c(cc2[nH]1)C(O)N(C1CCN(C)CC1)C3=O. The van der Waals surface area contributed by atoms with Crippen LogP contribution in [0.4, 0.5) is 14.5 Å². The molecule has 208 valence electrons. The predicted molar refractivity (Wildman–Crippen MR) is 147 cm³/mol. The van der Waals surface area contributed by atoms with Gasteiger partial charge in [-0.25, -0.2) is 13.8 Å². The normalized spacial score (nSPS) is 18.9. The highest BCUT2D eigenvalue weighted by atomic mass is 19.1. The molecule has 2 aromatic carbocycles. The Morgan fingerprint density at radius 1 is 1.15 bits per heavy atom. The molecule has 40 heavy (non-hydrogen) atoms. The maximum atomic E-state index is 14.2. The van der Waals surface area contributed by atoms with E-state index in [4.69, 9.17) is 0 Å². The number of amides is 1. The Kier molecular flexibility index (Phi) is 6.63. The van der Waals surface area contributed by atoms with E-state index in [1.807, 2.05) is 14.0 Å². The zero-order valence-corrected chi connectivity index (χ0v) is 22.2. The van der Waals surface area contributed by atoms with Gasteiger partial charge in [-0.05, 0) is 88.3 Å². The largest absolute Gasteiger partial charge is 0.381 e. The average molecular weight is 549 g/mol. The van der Waals surface area contributed by atoms with Crippen LogP contribution in [0.5, 0.6) is 0 Å². The van der Waals surface area contributed by atoms with Crippen LogP contribution in [0.1, 0.15) is 47.5 Å². The summed E-state index contributed by atoms with van der Waals surface area (Å²) in [4.78, 5) is 40.5. The molecule has 2 atom stereocenters. The number of H-pyrrole nitrogens is 2. The summed E-state index contributed by atoms with van der Waals surface area (Å²) in [6.45, 7) is 3.53. The molecule has 0 aliphatic carbocycles. The molecule has 1 amide bonds. The van der Waals surface area contributed by atoms with Crippen LogP contribution >= 0.6 is 0 Å². The number of aliphatic hydroxyl groups is 1. The molecule has 2 aliphatic rings. The van der Waals surface area contributed by atoms with Crippen LogP contribution < -0.4 is 10.9 Å². The monoisotopic (exact) mass is 548 g/mol. The molecule has 1 fully saturated rings. The van der Waals surface area contributed by atoms with Crippen molar-refractivity contribution < 1.29 is 18.7 Å².